The van der Waals surface area contributed by atoms with Gasteiger partial charge in [0.05, 0.1) is 11.6 Å². The average molecular weight is 192 g/mol. The Morgan fingerprint density at radius 3 is 2.71 bits per heavy atom. The molecule has 0 aliphatic carbocycles. The molecule has 0 saturated heterocycles. The Morgan fingerprint density at radius 2 is 2.07 bits per heavy atom. The van der Waals surface area contributed by atoms with Crippen LogP contribution < -0.4 is 0 Å². The van der Waals surface area contributed by atoms with Crippen LogP contribution in [0.3, 0.4) is 0 Å². The lowest BCUT2D eigenvalue weighted by Crippen LogP contribution is -1.93. The summed E-state index contributed by atoms with van der Waals surface area (Å²) in [6.45, 7) is 1.33. The molecule has 1 aromatic heterocycles. The molecule has 0 atom stereocenters. The van der Waals surface area contributed by atoms with Crippen LogP contribution >= 0.6 is 0 Å². The van der Waals surface area contributed by atoms with Gasteiger partial charge in [-0.3, -0.25) is 4.79 Å². The Morgan fingerprint density at radius 1 is 1.36 bits per heavy atom. The average Bonchev–Trinajstić information content (AvgIpc) is 2.51. The Labute approximate surface area is 79.4 Å². The highest BCUT2D eigenvalue weighted by atomic mass is 16.3. The minimum atomic E-state index is -0.303. The first-order valence-corrected chi connectivity index (χ1v) is 4.04. The second-order valence-electron chi connectivity index (χ2n) is 3.01. The third-order valence-corrected chi connectivity index (χ3v) is 2.05. The maximum absolute atomic E-state index is 11.2. The zero-order chi connectivity index (χ0) is 10.3. The van der Waals surface area contributed by atoms with E-state index in [0.717, 1.165) is 6.07 Å². The van der Waals surface area contributed by atoms with Crippen molar-refractivity contribution in [3.63, 3.8) is 0 Å². The zero-order valence-corrected chi connectivity index (χ0v) is 7.44. The summed E-state index contributed by atoms with van der Waals surface area (Å²) in [5, 5.41) is 19.3. The van der Waals surface area contributed by atoms with Crippen molar-refractivity contribution in [3.8, 4) is 11.5 Å². The third-order valence-electron chi connectivity index (χ3n) is 2.05. The number of hydrogen-bond acceptors (Lipinski definition) is 4. The Balaban J connectivity index is 2.93. The largest absolute Gasteiger partial charge is 0.507 e. The fourth-order valence-electron chi connectivity index (χ4n) is 1.44. The second-order valence-corrected chi connectivity index (χ2v) is 3.01. The molecule has 4 heteroatoms. The van der Waals surface area contributed by atoms with Gasteiger partial charge in [-0.25, -0.2) is 0 Å². The molecule has 14 heavy (non-hydrogen) atoms. The zero-order valence-electron chi connectivity index (χ0n) is 7.44. The number of carbonyl (C=O) groups excluding carboxylic acids is 1. The van der Waals surface area contributed by atoms with Crippen molar-refractivity contribution in [2.75, 3.05) is 0 Å². The van der Waals surface area contributed by atoms with Crippen LogP contribution in [0.15, 0.2) is 22.8 Å². The van der Waals surface area contributed by atoms with E-state index >= 15 is 0 Å². The number of furan rings is 1. The van der Waals surface area contributed by atoms with Gasteiger partial charge >= 0.3 is 0 Å². The number of carbonyl (C=O) groups is 1. The monoisotopic (exact) mass is 192 g/mol. The van der Waals surface area contributed by atoms with E-state index in [9.17, 15) is 15.0 Å². The molecule has 1 aromatic carbocycles. The summed E-state index contributed by atoms with van der Waals surface area (Å²) in [6, 6.07) is 2.67. The molecule has 0 amide bonds. The standard InChI is InChI=1S/C10H8O4/c1-5(11)9-8(13)4-7(12)6-2-3-14-10(6)9/h2-4,12-13H,1H3. The molecule has 72 valence electrons. The number of fused-ring (bicyclic) bond motifs is 1. The lowest BCUT2D eigenvalue weighted by atomic mass is 10.1. The normalized spacial score (nSPS) is 10.6. The van der Waals surface area contributed by atoms with Crippen molar-refractivity contribution in [1.82, 2.24) is 0 Å². The molecule has 0 fully saturated rings. The van der Waals surface area contributed by atoms with E-state index in [2.05, 4.69) is 0 Å². The van der Waals surface area contributed by atoms with Gasteiger partial charge in [-0.1, -0.05) is 0 Å². The van der Waals surface area contributed by atoms with Crippen molar-refractivity contribution >= 4 is 16.8 Å². The maximum atomic E-state index is 11.2. The molecule has 0 aliphatic heterocycles. The molecule has 0 radical (unpaired) electrons. The summed E-state index contributed by atoms with van der Waals surface area (Å²) in [5.41, 5.74) is 0.317. The van der Waals surface area contributed by atoms with E-state index in [0.29, 0.717) is 5.39 Å². The first-order valence-electron chi connectivity index (χ1n) is 4.04. The van der Waals surface area contributed by atoms with E-state index in [-0.39, 0.29) is 28.4 Å². The summed E-state index contributed by atoms with van der Waals surface area (Å²) in [6.07, 6.45) is 1.36. The minimum Gasteiger partial charge on any atom is -0.507 e. The van der Waals surface area contributed by atoms with Crippen LogP contribution in [0, 0.1) is 0 Å². The van der Waals surface area contributed by atoms with Crippen LogP contribution in [-0.2, 0) is 0 Å². The number of hydrogen-bond donors (Lipinski definition) is 2. The number of benzene rings is 1. The van der Waals surface area contributed by atoms with Crippen molar-refractivity contribution in [3.05, 3.63) is 24.0 Å². The van der Waals surface area contributed by atoms with E-state index in [1.165, 1.54) is 19.3 Å². The van der Waals surface area contributed by atoms with Crippen LogP contribution in [0.4, 0.5) is 0 Å². The van der Waals surface area contributed by atoms with Crippen molar-refractivity contribution < 1.29 is 19.4 Å². The quantitative estimate of drug-likeness (QED) is 0.678. The predicted molar refractivity (Wildman–Crippen MR) is 49.5 cm³/mol. The Kier molecular flexibility index (Phi) is 1.70. The van der Waals surface area contributed by atoms with Gasteiger partial charge < -0.3 is 14.6 Å². The number of Topliss-reactive ketones (excluding diaryl/α,β-unsaturated/α-hetero) is 1. The van der Waals surface area contributed by atoms with Gasteiger partial charge in [-0.2, -0.15) is 0 Å². The second kappa shape index (κ2) is 2.77. The van der Waals surface area contributed by atoms with Crippen molar-refractivity contribution in [2.24, 2.45) is 0 Å². The van der Waals surface area contributed by atoms with Gasteiger partial charge in [-0.15, -0.1) is 0 Å². The smallest absolute Gasteiger partial charge is 0.167 e. The van der Waals surface area contributed by atoms with E-state index in [1.54, 1.807) is 0 Å². The molecule has 0 saturated carbocycles. The highest BCUT2D eigenvalue weighted by molar-refractivity contribution is 6.08. The Hall–Kier alpha value is -1.97. The fourth-order valence-corrected chi connectivity index (χ4v) is 1.44. The van der Waals surface area contributed by atoms with Gasteiger partial charge in [0.1, 0.15) is 17.1 Å². The van der Waals surface area contributed by atoms with E-state index < -0.39 is 0 Å². The molecule has 2 N–H and O–H groups in total. The van der Waals surface area contributed by atoms with Crippen molar-refractivity contribution in [2.45, 2.75) is 6.92 Å². The van der Waals surface area contributed by atoms with Gasteiger partial charge in [0.2, 0.25) is 0 Å². The topological polar surface area (TPSA) is 70.7 Å². The molecule has 4 nitrogen and oxygen atoms in total. The fraction of sp³-hybridized carbons (Fsp3) is 0.100. The number of rotatable bonds is 1. The van der Waals surface area contributed by atoms with Gasteiger partial charge in [-0.05, 0) is 13.0 Å². The van der Waals surface area contributed by atoms with Gasteiger partial charge in [0.25, 0.3) is 0 Å². The van der Waals surface area contributed by atoms with Crippen LogP contribution in [0.2, 0.25) is 0 Å². The molecular weight excluding hydrogens is 184 g/mol. The number of phenolic OH excluding ortho intramolecular Hbond substituents is 2. The highest BCUT2D eigenvalue weighted by Gasteiger charge is 2.17. The summed E-state index contributed by atoms with van der Waals surface area (Å²) < 4.78 is 5.03. The molecular formula is C10H8O4. The third kappa shape index (κ3) is 1.04. The minimum absolute atomic E-state index is 0.0998. The van der Waals surface area contributed by atoms with E-state index in [4.69, 9.17) is 4.42 Å². The predicted octanol–water partition coefficient (Wildman–Crippen LogP) is 2.05. The molecule has 0 bridgehead atoms. The summed E-state index contributed by atoms with van der Waals surface area (Å²) in [4.78, 5) is 11.2. The van der Waals surface area contributed by atoms with Crippen LogP contribution in [0.25, 0.3) is 11.0 Å². The Bertz CT molecular complexity index is 510. The van der Waals surface area contributed by atoms with Crippen LogP contribution in [0.1, 0.15) is 17.3 Å². The first-order chi connectivity index (χ1) is 6.61. The van der Waals surface area contributed by atoms with Crippen LogP contribution in [0.5, 0.6) is 11.5 Å². The van der Waals surface area contributed by atoms with Gasteiger partial charge in [0.15, 0.2) is 11.4 Å². The van der Waals surface area contributed by atoms with Crippen LogP contribution in [-0.4, -0.2) is 16.0 Å². The molecule has 1 heterocycles. The molecule has 2 aromatic rings. The number of ketones is 1. The maximum Gasteiger partial charge on any atom is 0.167 e. The SMILES string of the molecule is CC(=O)c1c(O)cc(O)c2ccoc12. The van der Waals surface area contributed by atoms with Gasteiger partial charge in [0, 0.05) is 6.07 Å². The number of phenols is 2. The first kappa shape index (κ1) is 8.62. The highest BCUT2D eigenvalue weighted by Crippen LogP contribution is 2.35. The summed E-state index contributed by atoms with van der Waals surface area (Å²) in [5.74, 6) is -0.670. The molecule has 0 spiro atoms. The lowest BCUT2D eigenvalue weighted by molar-refractivity contribution is 0.101. The summed E-state index contributed by atoms with van der Waals surface area (Å²) >= 11 is 0. The molecule has 0 unspecified atom stereocenters. The van der Waals surface area contributed by atoms with Crippen molar-refractivity contribution in [1.29, 1.82) is 0 Å². The van der Waals surface area contributed by atoms with E-state index in [1.807, 2.05) is 0 Å². The molecule has 2 rings (SSSR count). The summed E-state index contributed by atoms with van der Waals surface area (Å²) in [7, 11) is 0. The lowest BCUT2D eigenvalue weighted by Gasteiger charge is -2.02. The molecule has 0 aliphatic rings. The number of aromatic hydroxyl groups is 2.